The second kappa shape index (κ2) is 6.13. The van der Waals surface area contributed by atoms with Gasteiger partial charge in [0.15, 0.2) is 0 Å². The molecule has 0 bridgehead atoms. The van der Waals surface area contributed by atoms with Crippen LogP contribution in [-0.2, 0) is 14.2 Å². The Balaban J connectivity index is 2.02. The fourth-order valence-electron chi connectivity index (χ4n) is 4.12. The number of nitrogens with zero attached hydrogens (tertiary/aromatic N) is 1. The summed E-state index contributed by atoms with van der Waals surface area (Å²) in [5, 5.41) is 0. The molecule has 1 amide bonds. The predicted molar refractivity (Wildman–Crippen MR) is 88.1 cm³/mol. The number of carbonyl (C=O) groups excluding carboxylic acids is 1. The van der Waals surface area contributed by atoms with E-state index in [1.807, 2.05) is 6.92 Å². The van der Waals surface area contributed by atoms with Crippen LogP contribution in [0.5, 0.6) is 0 Å². The van der Waals surface area contributed by atoms with Crippen molar-refractivity contribution in [2.24, 2.45) is 0 Å². The molecular formula is C16H31NO4Si. The summed E-state index contributed by atoms with van der Waals surface area (Å²) in [4.78, 5) is 19.6. The van der Waals surface area contributed by atoms with E-state index in [1.54, 1.807) is 4.90 Å². The number of morpholine rings is 1. The van der Waals surface area contributed by atoms with Gasteiger partial charge in [-0.25, -0.2) is 9.37 Å². The van der Waals surface area contributed by atoms with E-state index in [-0.39, 0.29) is 17.7 Å². The highest BCUT2D eigenvalue weighted by Crippen LogP contribution is 2.47. The Morgan fingerprint density at radius 3 is 2.23 bits per heavy atom. The van der Waals surface area contributed by atoms with Crippen LogP contribution >= 0.6 is 0 Å². The molecule has 128 valence electrons. The van der Waals surface area contributed by atoms with Crippen molar-refractivity contribution in [2.45, 2.75) is 83.2 Å². The van der Waals surface area contributed by atoms with Crippen LogP contribution in [0.15, 0.2) is 0 Å². The van der Waals surface area contributed by atoms with Crippen LogP contribution < -0.4 is 0 Å². The third-order valence-corrected chi connectivity index (χ3v) is 11.3. The maximum atomic E-state index is 12.4. The number of hydrogen-bond donors (Lipinski definition) is 0. The SMILES string of the molecule is CC(C)[Si](OOC(=O)N1CCOC2(C)CC12)(C(C)C)C(C)C. The Bertz CT molecular complexity index is 405. The molecule has 0 spiro atoms. The number of fused-ring (bicyclic) bond motifs is 1. The molecule has 1 saturated carbocycles. The van der Waals surface area contributed by atoms with Gasteiger partial charge in [-0.2, -0.15) is 0 Å². The van der Waals surface area contributed by atoms with E-state index in [1.165, 1.54) is 0 Å². The van der Waals surface area contributed by atoms with Crippen molar-refractivity contribution in [3.05, 3.63) is 0 Å². The van der Waals surface area contributed by atoms with Crippen molar-refractivity contribution in [3.63, 3.8) is 0 Å². The molecule has 2 atom stereocenters. The normalized spacial score (nSPS) is 28.3. The van der Waals surface area contributed by atoms with Gasteiger partial charge in [0.25, 0.3) is 8.32 Å². The Labute approximate surface area is 135 Å². The van der Waals surface area contributed by atoms with Crippen molar-refractivity contribution in [2.75, 3.05) is 13.2 Å². The third-order valence-electron chi connectivity index (χ3n) is 5.48. The first-order valence-corrected chi connectivity index (χ1v) is 10.6. The second-order valence-corrected chi connectivity index (χ2v) is 13.2. The first-order valence-electron chi connectivity index (χ1n) is 8.45. The molecule has 1 aliphatic heterocycles. The molecule has 2 aliphatic rings. The molecule has 5 nitrogen and oxygen atoms in total. The highest BCUT2D eigenvalue weighted by atomic mass is 28.4. The zero-order valence-electron chi connectivity index (χ0n) is 15.0. The van der Waals surface area contributed by atoms with Crippen molar-refractivity contribution in [1.29, 1.82) is 0 Å². The maximum absolute atomic E-state index is 12.4. The van der Waals surface area contributed by atoms with Gasteiger partial charge in [-0.05, 0) is 23.5 Å². The van der Waals surface area contributed by atoms with Crippen molar-refractivity contribution in [3.8, 4) is 0 Å². The van der Waals surface area contributed by atoms with Gasteiger partial charge in [-0.1, -0.05) is 41.5 Å². The van der Waals surface area contributed by atoms with E-state index < -0.39 is 8.32 Å². The lowest BCUT2D eigenvalue weighted by molar-refractivity contribution is -0.176. The Morgan fingerprint density at radius 2 is 1.73 bits per heavy atom. The number of amides is 1. The molecule has 2 rings (SSSR count). The molecule has 2 fully saturated rings. The van der Waals surface area contributed by atoms with Crippen LogP contribution in [0.4, 0.5) is 4.79 Å². The number of hydrogen-bond acceptors (Lipinski definition) is 4. The quantitative estimate of drug-likeness (QED) is 0.433. The molecule has 1 saturated heterocycles. The number of ether oxygens (including phenoxy) is 1. The van der Waals surface area contributed by atoms with Gasteiger partial charge in [-0.3, -0.25) is 9.79 Å². The highest BCUT2D eigenvalue weighted by Gasteiger charge is 2.59. The molecule has 0 aromatic heterocycles. The summed E-state index contributed by atoms with van der Waals surface area (Å²) < 4.78 is 11.6. The lowest BCUT2D eigenvalue weighted by Gasteiger charge is -2.40. The first kappa shape index (κ1) is 17.8. The van der Waals surface area contributed by atoms with E-state index in [2.05, 4.69) is 41.5 Å². The Morgan fingerprint density at radius 1 is 1.18 bits per heavy atom. The molecule has 0 aromatic rings. The topological polar surface area (TPSA) is 48.0 Å². The Kier molecular flexibility index (Phi) is 4.95. The summed E-state index contributed by atoms with van der Waals surface area (Å²) in [5.74, 6) is 0. The van der Waals surface area contributed by atoms with Crippen molar-refractivity contribution >= 4 is 14.4 Å². The fourth-order valence-corrected chi connectivity index (χ4v) is 8.91. The smallest absolute Gasteiger partial charge is 0.371 e. The zero-order chi connectivity index (χ0) is 16.7. The van der Waals surface area contributed by atoms with Gasteiger partial charge in [-0.15, -0.1) is 0 Å². The van der Waals surface area contributed by atoms with E-state index in [0.717, 1.165) is 6.42 Å². The first-order chi connectivity index (χ1) is 10.1. The van der Waals surface area contributed by atoms with Gasteiger partial charge in [0, 0.05) is 13.0 Å². The standard InChI is InChI=1S/C16H31NO4Si/c1-11(2)22(12(3)4,13(5)6)21-20-15(18)17-8-9-19-16(7)10-14(16)17/h11-14H,8-10H2,1-7H3. The van der Waals surface area contributed by atoms with E-state index in [4.69, 9.17) is 14.2 Å². The van der Waals surface area contributed by atoms with Crippen molar-refractivity contribution in [1.82, 2.24) is 4.90 Å². The molecule has 0 radical (unpaired) electrons. The van der Waals surface area contributed by atoms with E-state index in [0.29, 0.717) is 29.8 Å². The lowest BCUT2D eigenvalue weighted by Crippen LogP contribution is -2.50. The number of rotatable bonds is 5. The van der Waals surface area contributed by atoms with Crippen LogP contribution in [0.25, 0.3) is 0 Å². The van der Waals surface area contributed by atoms with E-state index >= 15 is 0 Å². The minimum Gasteiger partial charge on any atom is -0.371 e. The highest BCUT2D eigenvalue weighted by molar-refractivity contribution is 6.77. The monoisotopic (exact) mass is 329 g/mol. The zero-order valence-corrected chi connectivity index (χ0v) is 16.0. The third kappa shape index (κ3) is 2.93. The van der Waals surface area contributed by atoms with Gasteiger partial charge < -0.3 is 4.74 Å². The summed E-state index contributed by atoms with van der Waals surface area (Å²) in [6.45, 7) is 16.2. The molecule has 2 unspecified atom stereocenters. The molecule has 22 heavy (non-hydrogen) atoms. The van der Waals surface area contributed by atoms with Crippen LogP contribution in [-0.4, -0.2) is 44.1 Å². The van der Waals surface area contributed by atoms with Gasteiger partial charge in [0.05, 0.1) is 18.2 Å². The Hall–Kier alpha value is -0.593. The van der Waals surface area contributed by atoms with Crippen LogP contribution in [0.3, 0.4) is 0 Å². The van der Waals surface area contributed by atoms with Crippen molar-refractivity contribution < 1.29 is 19.0 Å². The summed E-state index contributed by atoms with van der Waals surface area (Å²) in [7, 11) is -2.18. The van der Waals surface area contributed by atoms with Gasteiger partial charge >= 0.3 is 6.09 Å². The predicted octanol–water partition coefficient (Wildman–Crippen LogP) is 4.09. The molecule has 1 heterocycles. The average Bonchev–Trinajstić information content (AvgIpc) is 3.09. The molecule has 1 aliphatic carbocycles. The largest absolute Gasteiger partial charge is 0.440 e. The minimum absolute atomic E-state index is 0.144. The summed E-state index contributed by atoms with van der Waals surface area (Å²) in [5.41, 5.74) is 0.989. The number of carbonyl (C=O) groups is 1. The van der Waals surface area contributed by atoms with Crippen LogP contribution in [0.2, 0.25) is 16.6 Å². The molecule has 0 N–H and O–H groups in total. The molecule has 0 aromatic carbocycles. The average molecular weight is 330 g/mol. The lowest BCUT2D eigenvalue weighted by atomic mass is 10.3. The summed E-state index contributed by atoms with van der Waals surface area (Å²) >= 11 is 0. The summed E-state index contributed by atoms with van der Waals surface area (Å²) in [6.07, 6.45) is 0.541. The van der Waals surface area contributed by atoms with Crippen LogP contribution in [0, 0.1) is 0 Å². The van der Waals surface area contributed by atoms with Gasteiger partial charge in [0.2, 0.25) is 0 Å². The molecule has 6 heteroatoms. The fraction of sp³-hybridized carbons (Fsp3) is 0.938. The summed E-state index contributed by atoms with van der Waals surface area (Å²) in [6, 6.07) is 0.144. The second-order valence-electron chi connectivity index (χ2n) is 7.82. The van der Waals surface area contributed by atoms with Crippen LogP contribution in [0.1, 0.15) is 54.9 Å². The maximum Gasteiger partial charge on any atom is 0.440 e. The van der Waals surface area contributed by atoms with E-state index in [9.17, 15) is 4.79 Å². The molecular weight excluding hydrogens is 298 g/mol. The minimum atomic E-state index is -2.18. The van der Waals surface area contributed by atoms with Gasteiger partial charge in [0.1, 0.15) is 0 Å².